The van der Waals surface area contributed by atoms with Gasteiger partial charge in [0.25, 0.3) is 0 Å². The predicted octanol–water partition coefficient (Wildman–Crippen LogP) is 4.36. The van der Waals surface area contributed by atoms with Gasteiger partial charge in [-0.1, -0.05) is 35.4 Å². The van der Waals surface area contributed by atoms with Crippen molar-refractivity contribution in [2.24, 2.45) is 0 Å². The number of nitrogens with one attached hydrogen (secondary N) is 1. The zero-order valence-electron chi connectivity index (χ0n) is 11.0. The molecule has 0 saturated carbocycles. The van der Waals surface area contributed by atoms with Crippen LogP contribution in [0.25, 0.3) is 0 Å². The summed E-state index contributed by atoms with van der Waals surface area (Å²) in [5.41, 5.74) is 5.26. The highest BCUT2D eigenvalue weighted by Gasteiger charge is 2.02. The fourth-order valence-electron chi connectivity index (χ4n) is 2.14. The number of rotatable bonds is 3. The van der Waals surface area contributed by atoms with Crippen molar-refractivity contribution >= 4 is 5.69 Å². The van der Waals surface area contributed by atoms with E-state index < -0.39 is 0 Å². The molecule has 0 amide bonds. The second-order valence-corrected chi connectivity index (χ2v) is 4.83. The molecule has 2 rings (SSSR count). The Kier molecular flexibility index (Phi) is 3.66. The molecule has 0 atom stereocenters. The van der Waals surface area contributed by atoms with Crippen molar-refractivity contribution in [2.75, 3.05) is 5.32 Å². The van der Waals surface area contributed by atoms with Crippen LogP contribution in [-0.2, 0) is 6.54 Å². The van der Waals surface area contributed by atoms with Crippen molar-refractivity contribution in [3.8, 4) is 0 Å². The van der Waals surface area contributed by atoms with Gasteiger partial charge < -0.3 is 5.32 Å². The van der Waals surface area contributed by atoms with Gasteiger partial charge in [-0.05, 0) is 44.0 Å². The van der Waals surface area contributed by atoms with E-state index in [2.05, 4.69) is 37.4 Å². The highest BCUT2D eigenvalue weighted by molar-refractivity contribution is 5.47. The first-order valence-electron chi connectivity index (χ1n) is 6.12. The normalized spacial score (nSPS) is 10.4. The van der Waals surface area contributed by atoms with Crippen LogP contribution in [0.15, 0.2) is 36.4 Å². The van der Waals surface area contributed by atoms with E-state index in [4.69, 9.17) is 0 Å². The zero-order chi connectivity index (χ0) is 13.1. The zero-order valence-corrected chi connectivity index (χ0v) is 11.0. The number of aryl methyl sites for hydroxylation is 3. The summed E-state index contributed by atoms with van der Waals surface area (Å²) in [6, 6.07) is 11.5. The van der Waals surface area contributed by atoms with Gasteiger partial charge in [-0.2, -0.15) is 0 Å². The second-order valence-electron chi connectivity index (χ2n) is 4.83. The van der Waals surface area contributed by atoms with Crippen molar-refractivity contribution < 1.29 is 4.39 Å². The summed E-state index contributed by atoms with van der Waals surface area (Å²) in [6.45, 7) is 6.75. The molecule has 0 heterocycles. The summed E-state index contributed by atoms with van der Waals surface area (Å²) in [5, 5.41) is 3.15. The second kappa shape index (κ2) is 5.21. The molecule has 0 bridgehead atoms. The highest BCUT2D eigenvalue weighted by atomic mass is 19.1. The van der Waals surface area contributed by atoms with Crippen molar-refractivity contribution in [3.05, 3.63) is 64.5 Å². The first-order chi connectivity index (χ1) is 8.54. The Labute approximate surface area is 108 Å². The minimum absolute atomic E-state index is 0.204. The topological polar surface area (TPSA) is 12.0 Å². The maximum atomic E-state index is 13.6. The summed E-state index contributed by atoms with van der Waals surface area (Å²) in [6.07, 6.45) is 0. The Balaban J connectivity index is 2.13. The average Bonchev–Trinajstić information content (AvgIpc) is 2.29. The molecule has 0 aliphatic carbocycles. The largest absolute Gasteiger partial charge is 0.379 e. The Bertz CT molecular complexity index is 541. The molecule has 2 aromatic rings. The third-order valence-corrected chi connectivity index (χ3v) is 2.89. The average molecular weight is 243 g/mol. The molecular weight excluding hydrogens is 225 g/mol. The quantitative estimate of drug-likeness (QED) is 0.844. The summed E-state index contributed by atoms with van der Waals surface area (Å²) >= 11 is 0. The Hall–Kier alpha value is -1.83. The van der Waals surface area contributed by atoms with Gasteiger partial charge in [0.1, 0.15) is 5.82 Å². The summed E-state index contributed by atoms with van der Waals surface area (Å²) in [5.74, 6) is -0.204. The van der Waals surface area contributed by atoms with Gasteiger partial charge in [-0.25, -0.2) is 4.39 Å². The molecule has 0 radical (unpaired) electrons. The van der Waals surface area contributed by atoms with E-state index >= 15 is 0 Å². The van der Waals surface area contributed by atoms with Crippen LogP contribution >= 0.6 is 0 Å². The van der Waals surface area contributed by atoms with Gasteiger partial charge in [-0.3, -0.25) is 0 Å². The molecule has 0 unspecified atom stereocenters. The lowest BCUT2D eigenvalue weighted by Crippen LogP contribution is -2.02. The van der Waals surface area contributed by atoms with Crippen LogP contribution in [0.4, 0.5) is 10.1 Å². The van der Waals surface area contributed by atoms with E-state index in [1.807, 2.05) is 13.0 Å². The molecule has 0 aromatic heterocycles. The minimum atomic E-state index is -0.204. The Morgan fingerprint density at radius 3 is 2.22 bits per heavy atom. The van der Waals surface area contributed by atoms with Gasteiger partial charge in [0.05, 0.1) is 5.69 Å². The lowest BCUT2D eigenvalue weighted by atomic mass is 10.1. The van der Waals surface area contributed by atoms with Crippen LogP contribution in [0.1, 0.15) is 22.3 Å². The monoisotopic (exact) mass is 243 g/mol. The van der Waals surface area contributed by atoms with Crippen molar-refractivity contribution in [1.82, 2.24) is 0 Å². The van der Waals surface area contributed by atoms with E-state index in [9.17, 15) is 4.39 Å². The molecule has 0 fully saturated rings. The maximum absolute atomic E-state index is 13.6. The SMILES string of the molecule is Cc1cc(C)cc(CNc2cc(C)ccc2F)c1. The molecule has 0 spiro atoms. The van der Waals surface area contributed by atoms with Crippen LogP contribution in [0.2, 0.25) is 0 Å². The molecule has 0 aliphatic rings. The van der Waals surface area contributed by atoms with Crippen molar-refractivity contribution in [2.45, 2.75) is 27.3 Å². The highest BCUT2D eigenvalue weighted by Crippen LogP contribution is 2.17. The molecule has 94 valence electrons. The van der Waals surface area contributed by atoms with E-state index in [0.29, 0.717) is 12.2 Å². The summed E-state index contributed by atoms with van der Waals surface area (Å²) < 4.78 is 13.6. The number of benzene rings is 2. The van der Waals surface area contributed by atoms with E-state index in [-0.39, 0.29) is 5.82 Å². The number of hydrogen-bond donors (Lipinski definition) is 1. The van der Waals surface area contributed by atoms with Gasteiger partial charge in [-0.15, -0.1) is 0 Å². The van der Waals surface area contributed by atoms with Crippen LogP contribution in [0.5, 0.6) is 0 Å². The fourth-order valence-corrected chi connectivity index (χ4v) is 2.14. The number of hydrogen-bond acceptors (Lipinski definition) is 1. The Morgan fingerprint density at radius 1 is 0.889 bits per heavy atom. The molecule has 2 heteroatoms. The van der Waals surface area contributed by atoms with Crippen LogP contribution in [0.3, 0.4) is 0 Å². The summed E-state index contributed by atoms with van der Waals surface area (Å²) in [7, 11) is 0. The molecule has 0 aliphatic heterocycles. The molecule has 18 heavy (non-hydrogen) atoms. The summed E-state index contributed by atoms with van der Waals surface area (Å²) in [4.78, 5) is 0. The van der Waals surface area contributed by atoms with Gasteiger partial charge in [0, 0.05) is 6.54 Å². The minimum Gasteiger partial charge on any atom is -0.379 e. The first-order valence-corrected chi connectivity index (χ1v) is 6.12. The molecular formula is C16H18FN. The van der Waals surface area contributed by atoms with Crippen LogP contribution in [-0.4, -0.2) is 0 Å². The molecule has 2 aromatic carbocycles. The number of anilines is 1. The van der Waals surface area contributed by atoms with E-state index in [0.717, 1.165) is 5.56 Å². The Morgan fingerprint density at radius 2 is 1.56 bits per heavy atom. The van der Waals surface area contributed by atoms with Crippen molar-refractivity contribution in [3.63, 3.8) is 0 Å². The molecule has 0 saturated heterocycles. The predicted molar refractivity (Wildman–Crippen MR) is 74.4 cm³/mol. The lowest BCUT2D eigenvalue weighted by Gasteiger charge is -2.10. The third kappa shape index (κ3) is 3.10. The maximum Gasteiger partial charge on any atom is 0.146 e. The molecule has 1 N–H and O–H groups in total. The van der Waals surface area contributed by atoms with Crippen LogP contribution < -0.4 is 5.32 Å². The smallest absolute Gasteiger partial charge is 0.146 e. The van der Waals surface area contributed by atoms with Gasteiger partial charge >= 0.3 is 0 Å². The van der Waals surface area contributed by atoms with Crippen LogP contribution in [0, 0.1) is 26.6 Å². The van der Waals surface area contributed by atoms with Crippen molar-refractivity contribution in [1.29, 1.82) is 0 Å². The fraction of sp³-hybridized carbons (Fsp3) is 0.250. The standard InChI is InChI=1S/C16H18FN/c1-11-4-5-15(17)16(9-11)18-10-14-7-12(2)6-13(3)8-14/h4-9,18H,10H2,1-3H3. The van der Waals surface area contributed by atoms with E-state index in [1.165, 1.54) is 22.8 Å². The third-order valence-electron chi connectivity index (χ3n) is 2.89. The lowest BCUT2D eigenvalue weighted by molar-refractivity contribution is 0.629. The first kappa shape index (κ1) is 12.6. The molecule has 1 nitrogen and oxygen atoms in total. The van der Waals surface area contributed by atoms with Gasteiger partial charge in [0.15, 0.2) is 0 Å². The van der Waals surface area contributed by atoms with E-state index in [1.54, 1.807) is 6.07 Å². The number of halogens is 1. The van der Waals surface area contributed by atoms with Gasteiger partial charge in [0.2, 0.25) is 0 Å².